The third kappa shape index (κ3) is 1.75. The van der Waals surface area contributed by atoms with Crippen LogP contribution in [0.4, 0.5) is 0 Å². The van der Waals surface area contributed by atoms with E-state index in [0.717, 1.165) is 0 Å². The van der Waals surface area contributed by atoms with Crippen molar-refractivity contribution in [3.05, 3.63) is 36.0 Å². The van der Waals surface area contributed by atoms with Crippen molar-refractivity contribution >= 4 is 5.97 Å². The van der Waals surface area contributed by atoms with Gasteiger partial charge in [-0.3, -0.25) is 0 Å². The number of hydrogen-bond donors (Lipinski definition) is 1. The van der Waals surface area contributed by atoms with E-state index < -0.39 is 5.97 Å². The van der Waals surface area contributed by atoms with E-state index in [1.807, 2.05) is 0 Å². The Hall–Kier alpha value is -2.30. The normalized spacial score (nSPS) is 10.1. The molecule has 1 heterocycles. The molecule has 82 valence electrons. The van der Waals surface area contributed by atoms with Gasteiger partial charge in [-0.25, -0.2) is 4.79 Å². The molecule has 0 aliphatic carbocycles. The lowest BCUT2D eigenvalue weighted by Gasteiger charge is -2.06. The van der Waals surface area contributed by atoms with Crippen LogP contribution < -0.4 is 4.74 Å². The molecule has 2 rings (SSSR count). The van der Waals surface area contributed by atoms with Gasteiger partial charge in [-0.1, -0.05) is 5.16 Å². The van der Waals surface area contributed by atoms with Gasteiger partial charge in [0.15, 0.2) is 5.76 Å². The number of methoxy groups -OCH3 is 1. The maximum Gasteiger partial charge on any atom is 0.335 e. The summed E-state index contributed by atoms with van der Waals surface area (Å²) in [6.45, 7) is 0. The van der Waals surface area contributed by atoms with Crippen LogP contribution in [0.3, 0.4) is 0 Å². The van der Waals surface area contributed by atoms with Crippen LogP contribution in [0.5, 0.6) is 5.75 Å². The molecular weight excluding hydrogens is 210 g/mol. The molecule has 0 saturated heterocycles. The predicted molar refractivity (Wildman–Crippen MR) is 55.5 cm³/mol. The van der Waals surface area contributed by atoms with Crippen molar-refractivity contribution in [2.75, 3.05) is 7.11 Å². The number of ether oxygens (including phenoxy) is 1. The number of rotatable bonds is 3. The van der Waals surface area contributed by atoms with Crippen LogP contribution >= 0.6 is 0 Å². The standard InChI is InChI=1S/C11H9NO4/c1-15-10-6-7(11(13)14)2-3-8(10)9-4-5-12-16-9/h2-6H,1H3,(H,13,14). The zero-order valence-electron chi connectivity index (χ0n) is 8.51. The lowest BCUT2D eigenvalue weighted by atomic mass is 10.1. The molecule has 0 aliphatic rings. The Morgan fingerprint density at radius 2 is 2.25 bits per heavy atom. The minimum atomic E-state index is -0.998. The Morgan fingerprint density at radius 3 is 2.81 bits per heavy atom. The Bertz CT molecular complexity index is 505. The molecule has 5 heteroatoms. The highest BCUT2D eigenvalue weighted by Gasteiger charge is 2.12. The van der Waals surface area contributed by atoms with E-state index in [2.05, 4.69) is 5.16 Å². The zero-order chi connectivity index (χ0) is 11.5. The van der Waals surface area contributed by atoms with Gasteiger partial charge in [-0.15, -0.1) is 0 Å². The first-order valence-corrected chi connectivity index (χ1v) is 4.55. The fraction of sp³-hybridized carbons (Fsp3) is 0.0909. The van der Waals surface area contributed by atoms with Crippen molar-refractivity contribution in [3.8, 4) is 17.1 Å². The minimum absolute atomic E-state index is 0.167. The monoisotopic (exact) mass is 219 g/mol. The van der Waals surface area contributed by atoms with Crippen LogP contribution in [-0.4, -0.2) is 23.3 Å². The second kappa shape index (κ2) is 4.06. The van der Waals surface area contributed by atoms with E-state index in [-0.39, 0.29) is 5.56 Å². The molecule has 0 amide bonds. The number of hydrogen-bond acceptors (Lipinski definition) is 4. The van der Waals surface area contributed by atoms with Crippen molar-refractivity contribution in [2.24, 2.45) is 0 Å². The van der Waals surface area contributed by atoms with Gasteiger partial charge in [0.25, 0.3) is 0 Å². The van der Waals surface area contributed by atoms with Gasteiger partial charge >= 0.3 is 5.97 Å². The van der Waals surface area contributed by atoms with E-state index in [9.17, 15) is 4.79 Å². The van der Waals surface area contributed by atoms with Gasteiger partial charge in [-0.2, -0.15) is 0 Å². The SMILES string of the molecule is COc1cc(C(=O)O)ccc1-c1ccno1. The second-order valence-electron chi connectivity index (χ2n) is 3.10. The summed E-state index contributed by atoms with van der Waals surface area (Å²) in [7, 11) is 1.47. The highest BCUT2D eigenvalue weighted by Crippen LogP contribution is 2.30. The zero-order valence-corrected chi connectivity index (χ0v) is 8.51. The predicted octanol–water partition coefficient (Wildman–Crippen LogP) is 2.05. The summed E-state index contributed by atoms with van der Waals surface area (Å²) >= 11 is 0. The van der Waals surface area contributed by atoms with Crippen LogP contribution in [-0.2, 0) is 0 Å². The minimum Gasteiger partial charge on any atom is -0.496 e. The first-order valence-electron chi connectivity index (χ1n) is 4.55. The topological polar surface area (TPSA) is 72.6 Å². The first kappa shape index (κ1) is 10.2. The summed E-state index contributed by atoms with van der Waals surface area (Å²) in [5.41, 5.74) is 0.838. The van der Waals surface area contributed by atoms with Crippen molar-refractivity contribution in [3.63, 3.8) is 0 Å². The molecule has 1 aromatic carbocycles. The third-order valence-corrected chi connectivity index (χ3v) is 2.15. The van der Waals surface area contributed by atoms with Crippen LogP contribution in [0.25, 0.3) is 11.3 Å². The second-order valence-corrected chi connectivity index (χ2v) is 3.10. The van der Waals surface area contributed by atoms with E-state index in [0.29, 0.717) is 17.1 Å². The number of carbonyl (C=O) groups is 1. The van der Waals surface area contributed by atoms with Crippen LogP contribution in [0, 0.1) is 0 Å². The molecule has 0 atom stereocenters. The fourth-order valence-electron chi connectivity index (χ4n) is 1.38. The smallest absolute Gasteiger partial charge is 0.335 e. The van der Waals surface area contributed by atoms with Crippen molar-refractivity contribution in [1.29, 1.82) is 0 Å². The molecule has 1 aromatic heterocycles. The Balaban J connectivity index is 2.51. The van der Waals surface area contributed by atoms with Crippen molar-refractivity contribution in [1.82, 2.24) is 5.16 Å². The number of nitrogens with zero attached hydrogens (tertiary/aromatic N) is 1. The van der Waals surface area contributed by atoms with Crippen LogP contribution in [0.15, 0.2) is 35.0 Å². The average molecular weight is 219 g/mol. The molecule has 5 nitrogen and oxygen atoms in total. The summed E-state index contributed by atoms with van der Waals surface area (Å²) in [5, 5.41) is 12.4. The van der Waals surface area contributed by atoms with E-state index >= 15 is 0 Å². The van der Waals surface area contributed by atoms with Gasteiger partial charge in [0, 0.05) is 6.07 Å². The molecule has 1 N–H and O–H groups in total. The summed E-state index contributed by atoms with van der Waals surface area (Å²) < 4.78 is 10.1. The molecule has 2 aromatic rings. The molecule has 0 fully saturated rings. The Kier molecular flexibility index (Phi) is 2.59. The number of aromatic nitrogens is 1. The van der Waals surface area contributed by atoms with Gasteiger partial charge in [-0.05, 0) is 18.2 Å². The molecule has 0 spiro atoms. The Morgan fingerprint density at radius 1 is 1.44 bits per heavy atom. The first-order chi connectivity index (χ1) is 7.72. The third-order valence-electron chi connectivity index (χ3n) is 2.15. The Labute approximate surface area is 91.3 Å². The number of benzene rings is 1. The van der Waals surface area contributed by atoms with Crippen molar-refractivity contribution < 1.29 is 19.2 Å². The summed E-state index contributed by atoms with van der Waals surface area (Å²) in [5.74, 6) is -0.0205. The van der Waals surface area contributed by atoms with Crippen LogP contribution in [0.2, 0.25) is 0 Å². The summed E-state index contributed by atoms with van der Waals surface area (Å²) in [6, 6.07) is 6.24. The van der Waals surface area contributed by atoms with E-state index in [4.69, 9.17) is 14.4 Å². The van der Waals surface area contributed by atoms with E-state index in [1.54, 1.807) is 12.1 Å². The molecular formula is C11H9NO4. The van der Waals surface area contributed by atoms with Gasteiger partial charge in [0.1, 0.15) is 5.75 Å². The molecule has 0 bridgehead atoms. The lowest BCUT2D eigenvalue weighted by molar-refractivity contribution is 0.0696. The maximum atomic E-state index is 10.8. The molecule has 0 aliphatic heterocycles. The van der Waals surface area contributed by atoms with Gasteiger partial charge < -0.3 is 14.4 Å². The summed E-state index contributed by atoms with van der Waals surface area (Å²) in [6.07, 6.45) is 1.51. The summed E-state index contributed by atoms with van der Waals surface area (Å²) in [4.78, 5) is 10.8. The molecule has 0 saturated carbocycles. The van der Waals surface area contributed by atoms with Gasteiger partial charge in [0.05, 0.1) is 24.4 Å². The average Bonchev–Trinajstić information content (AvgIpc) is 2.81. The highest BCUT2D eigenvalue weighted by molar-refractivity contribution is 5.89. The molecule has 16 heavy (non-hydrogen) atoms. The maximum absolute atomic E-state index is 10.8. The molecule has 0 unspecified atom stereocenters. The molecule has 0 radical (unpaired) electrons. The highest BCUT2D eigenvalue weighted by atomic mass is 16.5. The lowest BCUT2D eigenvalue weighted by Crippen LogP contribution is -1.97. The van der Waals surface area contributed by atoms with Crippen LogP contribution in [0.1, 0.15) is 10.4 Å². The number of aromatic carboxylic acids is 1. The number of carboxylic acids is 1. The number of carboxylic acid groups (broad SMARTS) is 1. The van der Waals surface area contributed by atoms with Crippen molar-refractivity contribution in [2.45, 2.75) is 0 Å². The quantitative estimate of drug-likeness (QED) is 0.855. The largest absolute Gasteiger partial charge is 0.496 e. The van der Waals surface area contributed by atoms with E-state index in [1.165, 1.54) is 25.4 Å². The fourth-order valence-corrected chi connectivity index (χ4v) is 1.38. The van der Waals surface area contributed by atoms with Gasteiger partial charge in [0.2, 0.25) is 0 Å².